The van der Waals surface area contributed by atoms with Crippen molar-refractivity contribution in [2.45, 2.75) is 31.8 Å². The second-order valence-electron chi connectivity index (χ2n) is 5.46. The van der Waals surface area contributed by atoms with Crippen LogP contribution in [0.4, 0.5) is 0 Å². The summed E-state index contributed by atoms with van der Waals surface area (Å²) >= 11 is 0. The second-order valence-corrected chi connectivity index (χ2v) is 5.46. The molecule has 2 rings (SSSR count). The van der Waals surface area contributed by atoms with Crippen molar-refractivity contribution < 1.29 is 0 Å². The molecule has 0 saturated carbocycles. The van der Waals surface area contributed by atoms with E-state index < -0.39 is 0 Å². The highest BCUT2D eigenvalue weighted by atomic mass is 15.2. The third-order valence-electron chi connectivity index (χ3n) is 4.02. The first kappa shape index (κ1) is 14.4. The molecule has 1 aliphatic heterocycles. The maximum absolute atomic E-state index is 6.37. The van der Waals surface area contributed by atoms with Crippen molar-refractivity contribution in [3.8, 4) is 0 Å². The van der Waals surface area contributed by atoms with E-state index in [1.165, 1.54) is 13.0 Å². The van der Waals surface area contributed by atoms with Gasteiger partial charge in [-0.1, -0.05) is 13.0 Å². The van der Waals surface area contributed by atoms with Gasteiger partial charge in [0.1, 0.15) is 0 Å². The maximum atomic E-state index is 6.37. The first-order valence-electron chi connectivity index (χ1n) is 7.31. The summed E-state index contributed by atoms with van der Waals surface area (Å²) in [4.78, 5) is 9.45. The molecule has 0 amide bonds. The van der Waals surface area contributed by atoms with Crippen LogP contribution in [0.15, 0.2) is 24.4 Å². The van der Waals surface area contributed by atoms with Crippen molar-refractivity contribution in [1.29, 1.82) is 0 Å². The van der Waals surface area contributed by atoms with E-state index >= 15 is 0 Å². The molecule has 0 aliphatic carbocycles. The van der Waals surface area contributed by atoms with Crippen molar-refractivity contribution >= 4 is 0 Å². The molecular formula is C15H26N4. The van der Waals surface area contributed by atoms with Gasteiger partial charge in [-0.3, -0.25) is 9.88 Å². The average molecular weight is 262 g/mol. The monoisotopic (exact) mass is 262 g/mol. The van der Waals surface area contributed by atoms with Crippen LogP contribution in [-0.2, 0) is 0 Å². The molecule has 1 fully saturated rings. The van der Waals surface area contributed by atoms with Crippen molar-refractivity contribution in [2.24, 2.45) is 5.73 Å². The summed E-state index contributed by atoms with van der Waals surface area (Å²) < 4.78 is 0. The van der Waals surface area contributed by atoms with Crippen molar-refractivity contribution in [1.82, 2.24) is 14.8 Å². The van der Waals surface area contributed by atoms with E-state index in [2.05, 4.69) is 40.9 Å². The van der Waals surface area contributed by atoms with Crippen LogP contribution in [0.1, 0.15) is 31.5 Å². The van der Waals surface area contributed by atoms with Crippen molar-refractivity contribution in [2.75, 3.05) is 33.2 Å². The summed E-state index contributed by atoms with van der Waals surface area (Å²) in [6, 6.07) is 6.53. The van der Waals surface area contributed by atoms with Crippen molar-refractivity contribution in [3.05, 3.63) is 30.1 Å². The van der Waals surface area contributed by atoms with Gasteiger partial charge in [0.15, 0.2) is 0 Å². The fraction of sp³-hybridized carbons (Fsp3) is 0.667. The Morgan fingerprint density at radius 2 is 2.11 bits per heavy atom. The van der Waals surface area contributed by atoms with Gasteiger partial charge in [-0.05, 0) is 38.6 Å². The molecule has 4 heteroatoms. The number of hydrogen-bond donors (Lipinski definition) is 1. The molecule has 1 aliphatic rings. The van der Waals surface area contributed by atoms with Gasteiger partial charge in [-0.25, -0.2) is 0 Å². The van der Waals surface area contributed by atoms with Gasteiger partial charge in [-0.2, -0.15) is 0 Å². The first-order valence-corrected chi connectivity index (χ1v) is 7.31. The van der Waals surface area contributed by atoms with Crippen LogP contribution in [0, 0.1) is 0 Å². The fourth-order valence-electron chi connectivity index (χ4n) is 2.80. The van der Waals surface area contributed by atoms with Crippen LogP contribution in [0.2, 0.25) is 0 Å². The molecule has 0 spiro atoms. The lowest BCUT2D eigenvalue weighted by molar-refractivity contribution is 0.171. The lowest BCUT2D eigenvalue weighted by Gasteiger charge is -2.34. The third-order valence-corrected chi connectivity index (χ3v) is 4.02. The summed E-state index contributed by atoms with van der Waals surface area (Å²) in [5.74, 6) is 0. The number of pyridine rings is 1. The number of likely N-dealkylation sites (N-methyl/N-ethyl adjacent to an activating group) is 1. The van der Waals surface area contributed by atoms with E-state index in [4.69, 9.17) is 5.73 Å². The van der Waals surface area contributed by atoms with Crippen LogP contribution in [-0.4, -0.2) is 54.1 Å². The number of rotatable bonds is 4. The smallest absolute Gasteiger partial charge is 0.0674 e. The average Bonchev–Trinajstić information content (AvgIpc) is 2.65. The molecule has 2 atom stereocenters. The van der Waals surface area contributed by atoms with E-state index in [0.717, 1.165) is 31.7 Å². The molecular weight excluding hydrogens is 236 g/mol. The number of hydrogen-bond acceptors (Lipinski definition) is 4. The van der Waals surface area contributed by atoms with Gasteiger partial charge in [-0.15, -0.1) is 0 Å². The normalized spacial score (nSPS) is 21.8. The molecule has 1 saturated heterocycles. The molecule has 2 N–H and O–H groups in total. The molecule has 1 aromatic rings. The molecule has 4 nitrogen and oxygen atoms in total. The Bertz CT molecular complexity index is 368. The van der Waals surface area contributed by atoms with Crippen LogP contribution in [0.25, 0.3) is 0 Å². The van der Waals surface area contributed by atoms with Crippen LogP contribution in [0.5, 0.6) is 0 Å². The number of nitrogens with zero attached hydrogens (tertiary/aromatic N) is 3. The Hall–Kier alpha value is -0.970. The van der Waals surface area contributed by atoms with E-state index in [1.807, 2.05) is 12.3 Å². The minimum absolute atomic E-state index is 0.151. The quantitative estimate of drug-likeness (QED) is 0.893. The van der Waals surface area contributed by atoms with E-state index in [1.54, 1.807) is 0 Å². The Morgan fingerprint density at radius 3 is 2.79 bits per heavy atom. The molecule has 0 bridgehead atoms. The van der Waals surface area contributed by atoms with E-state index in [9.17, 15) is 0 Å². The minimum atomic E-state index is 0.151. The molecule has 2 unspecified atom stereocenters. The summed E-state index contributed by atoms with van der Waals surface area (Å²) in [5.41, 5.74) is 7.48. The highest BCUT2D eigenvalue weighted by molar-refractivity contribution is 5.11. The van der Waals surface area contributed by atoms with Crippen LogP contribution in [0.3, 0.4) is 0 Å². The summed E-state index contributed by atoms with van der Waals surface area (Å²) in [5, 5.41) is 0. The zero-order valence-corrected chi connectivity index (χ0v) is 12.1. The Labute approximate surface area is 116 Å². The number of aromatic nitrogens is 1. The Kier molecular flexibility index (Phi) is 5.31. The topological polar surface area (TPSA) is 45.4 Å². The Balaban J connectivity index is 2.18. The molecule has 2 heterocycles. The maximum Gasteiger partial charge on any atom is 0.0674 e. The summed E-state index contributed by atoms with van der Waals surface area (Å²) in [6.45, 7) is 6.63. The number of nitrogens with two attached hydrogens (primary N) is 1. The van der Waals surface area contributed by atoms with Gasteiger partial charge in [0.25, 0.3) is 0 Å². The molecule has 1 aromatic heterocycles. The van der Waals surface area contributed by atoms with Gasteiger partial charge >= 0.3 is 0 Å². The zero-order valence-electron chi connectivity index (χ0n) is 12.1. The standard InChI is InChI=1S/C15H26N4/c1-3-13(16)15(14-7-4-5-8-17-14)19-10-6-9-18(2)11-12-19/h4-5,7-8,13,15H,3,6,9-12,16H2,1-2H3. The molecule has 0 radical (unpaired) electrons. The predicted octanol–water partition coefficient (Wildman–Crippen LogP) is 1.50. The van der Waals surface area contributed by atoms with Gasteiger partial charge in [0, 0.05) is 31.9 Å². The van der Waals surface area contributed by atoms with Crippen LogP contribution >= 0.6 is 0 Å². The van der Waals surface area contributed by atoms with Gasteiger partial charge in [0.2, 0.25) is 0 Å². The third kappa shape index (κ3) is 3.75. The fourth-order valence-corrected chi connectivity index (χ4v) is 2.80. The predicted molar refractivity (Wildman–Crippen MR) is 78.9 cm³/mol. The molecule has 0 aromatic carbocycles. The molecule has 106 valence electrons. The second kappa shape index (κ2) is 6.98. The zero-order chi connectivity index (χ0) is 13.7. The largest absolute Gasteiger partial charge is 0.326 e. The lowest BCUT2D eigenvalue weighted by Crippen LogP contribution is -2.42. The highest BCUT2D eigenvalue weighted by Crippen LogP contribution is 2.24. The summed E-state index contributed by atoms with van der Waals surface area (Å²) in [7, 11) is 2.19. The van der Waals surface area contributed by atoms with E-state index in [0.29, 0.717) is 0 Å². The summed E-state index contributed by atoms with van der Waals surface area (Å²) in [6.07, 6.45) is 4.05. The highest BCUT2D eigenvalue weighted by Gasteiger charge is 2.27. The van der Waals surface area contributed by atoms with Gasteiger partial charge < -0.3 is 10.6 Å². The van der Waals surface area contributed by atoms with Gasteiger partial charge in [0.05, 0.1) is 11.7 Å². The minimum Gasteiger partial charge on any atom is -0.326 e. The van der Waals surface area contributed by atoms with Crippen molar-refractivity contribution in [3.63, 3.8) is 0 Å². The first-order chi connectivity index (χ1) is 9.22. The molecule has 19 heavy (non-hydrogen) atoms. The van der Waals surface area contributed by atoms with E-state index in [-0.39, 0.29) is 12.1 Å². The lowest BCUT2D eigenvalue weighted by atomic mass is 10.0. The SMILES string of the molecule is CCC(N)C(c1ccccn1)N1CCCN(C)CC1. The Morgan fingerprint density at radius 1 is 1.26 bits per heavy atom. The van der Waals surface area contributed by atoms with Crippen LogP contribution < -0.4 is 5.73 Å².